The average molecular weight is 390 g/mol. The molecule has 10 nitrogen and oxygen atoms in total. The van der Waals surface area contributed by atoms with Gasteiger partial charge in [-0.15, -0.1) is 0 Å². The van der Waals surface area contributed by atoms with Crippen LogP contribution in [0.5, 0.6) is 0 Å². The molecule has 3 rings (SSSR count). The van der Waals surface area contributed by atoms with E-state index in [2.05, 4.69) is 6.58 Å². The van der Waals surface area contributed by atoms with Gasteiger partial charge in [-0.25, -0.2) is 0 Å². The number of fused-ring (bicyclic) bond motifs is 1. The molecule has 0 unspecified atom stereocenters. The van der Waals surface area contributed by atoms with Crippen LogP contribution in [0.15, 0.2) is 24.0 Å². The summed E-state index contributed by atoms with van der Waals surface area (Å²) in [4.78, 5) is 0. The van der Waals surface area contributed by atoms with Gasteiger partial charge < -0.3 is 49.6 Å². The third kappa shape index (κ3) is 3.65. The zero-order chi connectivity index (χ0) is 19.9. The second-order valence-electron chi connectivity index (χ2n) is 7.00. The van der Waals surface area contributed by atoms with Crippen molar-refractivity contribution >= 4 is 0 Å². The molecule has 0 radical (unpaired) electrons. The first kappa shape index (κ1) is 20.6. The van der Waals surface area contributed by atoms with Crippen molar-refractivity contribution in [3.8, 4) is 0 Å². The molecule has 0 aromatic heterocycles. The summed E-state index contributed by atoms with van der Waals surface area (Å²) in [5.41, 5.74) is 0.859. The summed E-state index contributed by atoms with van der Waals surface area (Å²) in [5, 5.41) is 59.4. The molecule has 154 valence electrons. The molecule has 0 amide bonds. The van der Waals surface area contributed by atoms with Crippen LogP contribution in [0.3, 0.4) is 0 Å². The van der Waals surface area contributed by atoms with E-state index in [1.165, 1.54) is 13.4 Å². The topological polar surface area (TPSA) is 158 Å². The molecule has 2 aliphatic heterocycles. The molecule has 3 aliphatic rings. The standard InChI is InChI=1S/C17H26O10/c1-6-9(19)3-7-8(15(23)24-2)5-25-16(11(6)7)27-17-14(22)13(21)12(20)10(4-18)26-17/h5,7,9-23H,1,3-4H2,2H3/t7-,9+,10-,11-,12-,13+,14-,15+,16+,17+/m1/s1. The molecule has 1 saturated heterocycles. The van der Waals surface area contributed by atoms with E-state index in [0.29, 0.717) is 11.1 Å². The van der Waals surface area contributed by atoms with Crippen molar-refractivity contribution in [2.45, 2.75) is 55.8 Å². The van der Waals surface area contributed by atoms with E-state index in [0.717, 1.165) is 0 Å². The molecule has 0 bridgehead atoms. The van der Waals surface area contributed by atoms with Crippen molar-refractivity contribution in [3.05, 3.63) is 24.0 Å². The van der Waals surface area contributed by atoms with Crippen LogP contribution >= 0.6 is 0 Å². The van der Waals surface area contributed by atoms with Crippen molar-refractivity contribution < 1.29 is 49.6 Å². The lowest BCUT2D eigenvalue weighted by Gasteiger charge is -2.43. The Balaban J connectivity index is 1.80. The van der Waals surface area contributed by atoms with Crippen LogP contribution in [0.25, 0.3) is 0 Å². The summed E-state index contributed by atoms with van der Waals surface area (Å²) in [6.45, 7) is 3.28. The van der Waals surface area contributed by atoms with Gasteiger partial charge >= 0.3 is 0 Å². The first-order chi connectivity index (χ1) is 12.8. The van der Waals surface area contributed by atoms with Gasteiger partial charge in [0.05, 0.1) is 24.9 Å². The average Bonchev–Trinajstić information content (AvgIpc) is 2.96. The first-order valence-corrected chi connectivity index (χ1v) is 8.69. The zero-order valence-corrected chi connectivity index (χ0v) is 14.8. The number of hydrogen-bond donors (Lipinski definition) is 6. The highest BCUT2D eigenvalue weighted by molar-refractivity contribution is 5.27. The van der Waals surface area contributed by atoms with Gasteiger partial charge in [0.15, 0.2) is 12.6 Å². The van der Waals surface area contributed by atoms with E-state index in [4.69, 9.17) is 18.9 Å². The molecule has 0 spiro atoms. The van der Waals surface area contributed by atoms with E-state index < -0.39 is 61.9 Å². The number of aliphatic hydroxyl groups is 6. The third-order valence-electron chi connectivity index (χ3n) is 5.45. The predicted molar refractivity (Wildman–Crippen MR) is 87.6 cm³/mol. The highest BCUT2D eigenvalue weighted by Gasteiger charge is 2.51. The number of aliphatic hydroxyl groups excluding tert-OH is 6. The van der Waals surface area contributed by atoms with Crippen LogP contribution in [-0.4, -0.2) is 93.7 Å². The minimum Gasteiger partial charge on any atom is -0.472 e. The molecule has 2 heterocycles. The minimum absolute atomic E-state index is 0.285. The zero-order valence-electron chi connectivity index (χ0n) is 14.8. The van der Waals surface area contributed by atoms with Crippen molar-refractivity contribution in [1.82, 2.24) is 0 Å². The van der Waals surface area contributed by atoms with Crippen LogP contribution in [-0.2, 0) is 18.9 Å². The molecular weight excluding hydrogens is 364 g/mol. The Bertz CT molecular complexity index is 578. The fourth-order valence-electron chi connectivity index (χ4n) is 3.85. The predicted octanol–water partition coefficient (Wildman–Crippen LogP) is -2.44. The number of methoxy groups -OCH3 is 1. The second kappa shape index (κ2) is 8.11. The maximum atomic E-state index is 10.2. The van der Waals surface area contributed by atoms with E-state index in [1.54, 1.807) is 0 Å². The summed E-state index contributed by atoms with van der Waals surface area (Å²) in [5.74, 6) is -0.928. The minimum atomic E-state index is -1.58. The largest absolute Gasteiger partial charge is 0.472 e. The molecule has 10 atom stereocenters. The Morgan fingerprint density at radius 1 is 1.19 bits per heavy atom. The van der Waals surface area contributed by atoms with Crippen LogP contribution in [0.4, 0.5) is 0 Å². The Morgan fingerprint density at radius 2 is 1.89 bits per heavy atom. The summed E-state index contributed by atoms with van der Waals surface area (Å²) < 4.78 is 21.5. The Labute approximate surface area is 155 Å². The smallest absolute Gasteiger partial charge is 0.208 e. The van der Waals surface area contributed by atoms with Gasteiger partial charge in [0.2, 0.25) is 6.29 Å². The summed E-state index contributed by atoms with van der Waals surface area (Å²) in [6, 6.07) is 0. The molecule has 1 aliphatic carbocycles. The molecule has 2 fully saturated rings. The monoisotopic (exact) mass is 390 g/mol. The quantitative estimate of drug-likeness (QED) is 0.220. The molecule has 0 aromatic rings. The summed E-state index contributed by atoms with van der Waals surface area (Å²) >= 11 is 0. The fraction of sp³-hybridized carbons (Fsp3) is 0.765. The van der Waals surface area contributed by atoms with Crippen molar-refractivity contribution in [2.24, 2.45) is 11.8 Å². The number of rotatable bonds is 5. The second-order valence-corrected chi connectivity index (χ2v) is 7.00. The van der Waals surface area contributed by atoms with Gasteiger partial charge in [-0.2, -0.15) is 0 Å². The molecular formula is C17H26O10. The SMILES string of the molecule is C=C1[C@H]2[C@H](O[C@@H]3O[C@H](CO)[C@@H](O)[C@H](O)[C@H]3O)OC=C([C@@H](O)OC)[C@H]2C[C@@H]1O. The normalized spacial score (nSPS) is 45.8. The van der Waals surface area contributed by atoms with E-state index in [9.17, 15) is 30.6 Å². The Hall–Kier alpha value is -1.08. The molecule has 10 heteroatoms. The van der Waals surface area contributed by atoms with E-state index in [-0.39, 0.29) is 12.3 Å². The lowest BCUT2D eigenvalue weighted by Crippen LogP contribution is -2.60. The van der Waals surface area contributed by atoms with Crippen LogP contribution < -0.4 is 0 Å². The molecule has 27 heavy (non-hydrogen) atoms. The van der Waals surface area contributed by atoms with Crippen molar-refractivity contribution in [2.75, 3.05) is 13.7 Å². The Kier molecular flexibility index (Phi) is 6.21. The van der Waals surface area contributed by atoms with Crippen LogP contribution in [0.1, 0.15) is 6.42 Å². The first-order valence-electron chi connectivity index (χ1n) is 8.69. The maximum Gasteiger partial charge on any atom is 0.208 e. The lowest BCUT2D eigenvalue weighted by atomic mass is 9.85. The van der Waals surface area contributed by atoms with Gasteiger partial charge in [-0.1, -0.05) is 6.58 Å². The van der Waals surface area contributed by atoms with Crippen LogP contribution in [0, 0.1) is 11.8 Å². The fourth-order valence-corrected chi connectivity index (χ4v) is 3.85. The van der Waals surface area contributed by atoms with Gasteiger partial charge in [-0.05, 0) is 12.0 Å². The number of hydrogen-bond acceptors (Lipinski definition) is 10. The van der Waals surface area contributed by atoms with Gasteiger partial charge in [-0.3, -0.25) is 0 Å². The maximum absolute atomic E-state index is 10.2. The van der Waals surface area contributed by atoms with Crippen LogP contribution in [0.2, 0.25) is 0 Å². The highest BCUT2D eigenvalue weighted by atomic mass is 16.8. The van der Waals surface area contributed by atoms with Gasteiger partial charge in [0.25, 0.3) is 0 Å². The number of ether oxygens (including phenoxy) is 4. The highest BCUT2D eigenvalue weighted by Crippen LogP contribution is 2.47. The molecule has 1 saturated carbocycles. The van der Waals surface area contributed by atoms with Crippen molar-refractivity contribution in [3.63, 3.8) is 0 Å². The third-order valence-corrected chi connectivity index (χ3v) is 5.45. The summed E-state index contributed by atoms with van der Waals surface area (Å²) in [7, 11) is 1.33. The van der Waals surface area contributed by atoms with Gasteiger partial charge in [0, 0.05) is 18.6 Å². The van der Waals surface area contributed by atoms with E-state index >= 15 is 0 Å². The van der Waals surface area contributed by atoms with E-state index in [1.807, 2.05) is 0 Å². The lowest BCUT2D eigenvalue weighted by molar-refractivity contribution is -0.339. The van der Waals surface area contributed by atoms with Gasteiger partial charge in [0.1, 0.15) is 24.4 Å². The van der Waals surface area contributed by atoms with Crippen molar-refractivity contribution in [1.29, 1.82) is 0 Å². The Morgan fingerprint density at radius 3 is 2.52 bits per heavy atom. The molecule has 6 N–H and O–H groups in total. The molecule has 0 aromatic carbocycles. The summed E-state index contributed by atoms with van der Waals surface area (Å²) in [6.07, 6.45) is -8.71.